The maximum Gasteiger partial charge on any atom is 0.246 e. The van der Waals surface area contributed by atoms with E-state index in [1.54, 1.807) is 0 Å². The molecule has 1 fully saturated rings. The van der Waals surface area contributed by atoms with E-state index in [9.17, 15) is 9.18 Å². The Bertz CT molecular complexity index is 486. The van der Waals surface area contributed by atoms with Gasteiger partial charge in [-0.15, -0.1) is 0 Å². The molecule has 0 radical (unpaired) electrons. The molecule has 0 saturated carbocycles. The summed E-state index contributed by atoms with van der Waals surface area (Å²) < 4.78 is 12.9. The fourth-order valence-corrected chi connectivity index (χ4v) is 2.67. The monoisotopic (exact) mass is 276 g/mol. The van der Waals surface area contributed by atoms with Gasteiger partial charge in [-0.2, -0.15) is 0 Å². The fourth-order valence-electron chi connectivity index (χ4n) is 2.67. The molecule has 1 aliphatic rings. The number of hydrogen-bond donors (Lipinski definition) is 0. The Morgan fingerprint density at radius 3 is 2.55 bits per heavy atom. The average Bonchev–Trinajstić information content (AvgIpc) is 2.44. The number of nitrogens with zero attached hydrogens (tertiary/aromatic N) is 2. The first kappa shape index (κ1) is 14.7. The lowest BCUT2D eigenvalue weighted by atomic mass is 10.1. The molecule has 0 bridgehead atoms. The van der Waals surface area contributed by atoms with Gasteiger partial charge in [0.1, 0.15) is 5.82 Å². The molecule has 0 aromatic heterocycles. The molecule has 0 aliphatic carbocycles. The highest BCUT2D eigenvalue weighted by molar-refractivity contribution is 5.87. The number of rotatable bonds is 3. The van der Waals surface area contributed by atoms with Gasteiger partial charge in [0.15, 0.2) is 0 Å². The van der Waals surface area contributed by atoms with Crippen molar-refractivity contribution >= 4 is 5.91 Å². The molecule has 0 spiro atoms. The van der Waals surface area contributed by atoms with Crippen molar-refractivity contribution in [3.05, 3.63) is 48.3 Å². The summed E-state index contributed by atoms with van der Waals surface area (Å²) in [6.07, 6.45) is 1.37. The zero-order valence-corrected chi connectivity index (χ0v) is 12.1. The van der Waals surface area contributed by atoms with E-state index in [4.69, 9.17) is 0 Å². The maximum absolute atomic E-state index is 12.9. The summed E-state index contributed by atoms with van der Waals surface area (Å²) in [5.74, 6) is -0.220. The molecule has 0 N–H and O–H groups in total. The molecule has 108 valence electrons. The smallest absolute Gasteiger partial charge is 0.246 e. The largest absolute Gasteiger partial charge is 0.334 e. The summed E-state index contributed by atoms with van der Waals surface area (Å²) >= 11 is 0. The third-order valence-electron chi connectivity index (χ3n) is 3.87. The number of hydrogen-bond acceptors (Lipinski definition) is 2. The molecule has 1 saturated heterocycles. The van der Waals surface area contributed by atoms with Gasteiger partial charge in [-0.3, -0.25) is 9.69 Å². The summed E-state index contributed by atoms with van der Waals surface area (Å²) in [5, 5.41) is 0. The Kier molecular flexibility index (Phi) is 4.55. The van der Waals surface area contributed by atoms with Gasteiger partial charge in [0.2, 0.25) is 5.91 Å². The average molecular weight is 276 g/mol. The lowest BCUT2D eigenvalue weighted by molar-refractivity contribution is -0.131. The van der Waals surface area contributed by atoms with Crippen LogP contribution in [0.2, 0.25) is 0 Å². The molecule has 1 heterocycles. The number of benzene rings is 1. The third-order valence-corrected chi connectivity index (χ3v) is 3.87. The molecule has 2 rings (SSSR count). The van der Waals surface area contributed by atoms with Crippen molar-refractivity contribution in [1.29, 1.82) is 0 Å². The van der Waals surface area contributed by atoms with E-state index in [1.807, 2.05) is 24.0 Å². The van der Waals surface area contributed by atoms with Gasteiger partial charge in [-0.1, -0.05) is 18.7 Å². The van der Waals surface area contributed by atoms with Gasteiger partial charge in [0.05, 0.1) is 0 Å². The Hall–Kier alpha value is -1.68. The van der Waals surface area contributed by atoms with Crippen LogP contribution < -0.4 is 0 Å². The van der Waals surface area contributed by atoms with Crippen molar-refractivity contribution in [2.45, 2.75) is 32.5 Å². The number of carbonyl (C=O) groups excluding carboxylic acids is 1. The second-order valence-electron chi connectivity index (χ2n) is 5.45. The molecule has 2 unspecified atom stereocenters. The van der Waals surface area contributed by atoms with E-state index in [1.165, 1.54) is 18.2 Å². The number of piperazine rings is 1. The highest BCUT2D eigenvalue weighted by Gasteiger charge is 2.30. The minimum atomic E-state index is -0.212. The van der Waals surface area contributed by atoms with Gasteiger partial charge in [0, 0.05) is 31.7 Å². The SMILES string of the molecule is C=CC(=O)N1CC(C)N(Cc2ccc(F)cc2)CC1C. The van der Waals surface area contributed by atoms with Crippen LogP contribution in [0, 0.1) is 5.82 Å². The van der Waals surface area contributed by atoms with Crippen molar-refractivity contribution in [1.82, 2.24) is 9.80 Å². The molecule has 3 nitrogen and oxygen atoms in total. The lowest BCUT2D eigenvalue weighted by Crippen LogP contribution is -2.57. The third kappa shape index (κ3) is 3.25. The second-order valence-corrected chi connectivity index (χ2v) is 5.45. The molecule has 1 aromatic rings. The summed E-state index contributed by atoms with van der Waals surface area (Å²) in [6, 6.07) is 7.04. The molecular formula is C16H21FN2O. The highest BCUT2D eigenvalue weighted by atomic mass is 19.1. The second kappa shape index (κ2) is 6.18. The summed E-state index contributed by atoms with van der Waals surface area (Å²) in [4.78, 5) is 16.0. The summed E-state index contributed by atoms with van der Waals surface area (Å²) in [6.45, 7) is 10.0. The first-order chi connectivity index (χ1) is 9.51. The van der Waals surface area contributed by atoms with Gasteiger partial charge in [-0.25, -0.2) is 4.39 Å². The van der Waals surface area contributed by atoms with Crippen molar-refractivity contribution in [2.75, 3.05) is 13.1 Å². The van der Waals surface area contributed by atoms with E-state index in [0.717, 1.165) is 18.7 Å². The van der Waals surface area contributed by atoms with Gasteiger partial charge >= 0.3 is 0 Å². The van der Waals surface area contributed by atoms with Crippen LogP contribution in [0.3, 0.4) is 0 Å². The summed E-state index contributed by atoms with van der Waals surface area (Å²) in [5.41, 5.74) is 1.09. The van der Waals surface area contributed by atoms with Crippen molar-refractivity contribution < 1.29 is 9.18 Å². The van der Waals surface area contributed by atoms with Crippen LogP contribution in [-0.2, 0) is 11.3 Å². The standard InChI is InChI=1S/C16H21FN2O/c1-4-16(20)19-10-12(2)18(9-13(19)3)11-14-5-7-15(17)8-6-14/h4-8,12-13H,1,9-11H2,2-3H3. The zero-order chi connectivity index (χ0) is 14.7. The lowest BCUT2D eigenvalue weighted by Gasteiger charge is -2.43. The first-order valence-electron chi connectivity index (χ1n) is 6.92. The quantitative estimate of drug-likeness (QED) is 0.792. The van der Waals surface area contributed by atoms with E-state index in [2.05, 4.69) is 18.4 Å². The molecule has 1 aromatic carbocycles. The Morgan fingerprint density at radius 2 is 1.95 bits per heavy atom. The Labute approximate surface area is 119 Å². The van der Waals surface area contributed by atoms with Crippen LogP contribution in [0.25, 0.3) is 0 Å². The predicted molar refractivity (Wildman–Crippen MR) is 77.6 cm³/mol. The molecule has 1 amide bonds. The van der Waals surface area contributed by atoms with Crippen molar-refractivity contribution in [3.63, 3.8) is 0 Å². The maximum atomic E-state index is 12.9. The molecule has 1 aliphatic heterocycles. The van der Waals surface area contributed by atoms with Gasteiger partial charge in [0.25, 0.3) is 0 Å². The zero-order valence-electron chi connectivity index (χ0n) is 12.1. The van der Waals surface area contributed by atoms with E-state index >= 15 is 0 Å². The Morgan fingerprint density at radius 1 is 1.30 bits per heavy atom. The van der Waals surface area contributed by atoms with E-state index in [-0.39, 0.29) is 23.8 Å². The van der Waals surface area contributed by atoms with E-state index in [0.29, 0.717) is 6.54 Å². The first-order valence-corrected chi connectivity index (χ1v) is 6.92. The van der Waals surface area contributed by atoms with Gasteiger partial charge < -0.3 is 4.90 Å². The highest BCUT2D eigenvalue weighted by Crippen LogP contribution is 2.18. The van der Waals surface area contributed by atoms with Gasteiger partial charge in [-0.05, 0) is 37.6 Å². The minimum absolute atomic E-state index is 0.00854. The number of amides is 1. The predicted octanol–water partition coefficient (Wildman–Crippen LogP) is 2.43. The molecule has 20 heavy (non-hydrogen) atoms. The van der Waals surface area contributed by atoms with Crippen LogP contribution >= 0.6 is 0 Å². The minimum Gasteiger partial charge on any atom is -0.334 e. The summed E-state index contributed by atoms with van der Waals surface area (Å²) in [7, 11) is 0. The fraction of sp³-hybridized carbons (Fsp3) is 0.438. The van der Waals surface area contributed by atoms with Crippen LogP contribution in [0.5, 0.6) is 0 Å². The van der Waals surface area contributed by atoms with Crippen LogP contribution in [0.4, 0.5) is 4.39 Å². The van der Waals surface area contributed by atoms with Crippen LogP contribution in [0.1, 0.15) is 19.4 Å². The normalized spacial score (nSPS) is 23.6. The molecule has 2 atom stereocenters. The van der Waals surface area contributed by atoms with Crippen LogP contribution in [0.15, 0.2) is 36.9 Å². The Balaban J connectivity index is 2.02. The number of carbonyl (C=O) groups is 1. The number of halogens is 1. The van der Waals surface area contributed by atoms with Crippen molar-refractivity contribution in [2.24, 2.45) is 0 Å². The molecule has 4 heteroatoms. The van der Waals surface area contributed by atoms with Crippen molar-refractivity contribution in [3.8, 4) is 0 Å². The molecular weight excluding hydrogens is 255 g/mol. The van der Waals surface area contributed by atoms with Crippen LogP contribution in [-0.4, -0.2) is 40.9 Å². The topological polar surface area (TPSA) is 23.6 Å². The van der Waals surface area contributed by atoms with E-state index < -0.39 is 0 Å².